The average molecular weight is 503 g/mol. The molecule has 0 saturated heterocycles. The molecule has 0 spiro atoms. The Balaban J connectivity index is 0.00000361. The summed E-state index contributed by atoms with van der Waals surface area (Å²) in [7, 11) is 0. The minimum Gasteiger partial charge on any atom is -0.550 e. The van der Waals surface area contributed by atoms with E-state index in [1.165, 1.54) is 12.1 Å². The van der Waals surface area contributed by atoms with Gasteiger partial charge in [0.15, 0.2) is 0 Å². The zero-order chi connectivity index (χ0) is 25.3. The number of aliphatic carboxylic acids is 1. The average Bonchev–Trinajstić information content (AvgIpc) is 3.14. The van der Waals surface area contributed by atoms with Crippen molar-refractivity contribution < 1.29 is 54.1 Å². The number of aromatic amines is 1. The summed E-state index contributed by atoms with van der Waals surface area (Å²) in [6.45, 7) is 3.93. The number of hydrogen-bond acceptors (Lipinski definition) is 5. The van der Waals surface area contributed by atoms with Crippen molar-refractivity contribution in [2.45, 2.75) is 57.8 Å². The van der Waals surface area contributed by atoms with Gasteiger partial charge in [0.2, 0.25) is 0 Å². The fourth-order valence-corrected chi connectivity index (χ4v) is 4.87. The number of aliphatic hydroxyl groups is 2. The van der Waals surface area contributed by atoms with Gasteiger partial charge in [-0.15, -0.1) is 0 Å². The van der Waals surface area contributed by atoms with Crippen LogP contribution in [0.3, 0.4) is 0 Å². The van der Waals surface area contributed by atoms with Crippen LogP contribution in [0.4, 0.5) is 4.39 Å². The van der Waals surface area contributed by atoms with Gasteiger partial charge in [-0.3, -0.25) is 4.79 Å². The van der Waals surface area contributed by atoms with Crippen LogP contribution < -0.4 is 40.2 Å². The fraction of sp³-hybridized carbons (Fsp3) is 0.333. The number of aliphatic hydroxyl groups excluding tert-OH is 2. The molecule has 0 fully saturated rings. The number of nitrogens with one attached hydrogen (secondary N) is 1. The quantitative estimate of drug-likeness (QED) is 0.280. The number of carboxylic acids is 1. The van der Waals surface area contributed by atoms with Crippen LogP contribution in [0.2, 0.25) is 0 Å². The number of rotatable bonds is 9. The Hall–Kier alpha value is -2.49. The number of H-pyrrole nitrogens is 1. The Morgan fingerprint density at radius 3 is 2.39 bits per heavy atom. The molecule has 9 heteroatoms. The van der Waals surface area contributed by atoms with E-state index in [1.807, 2.05) is 42.7 Å². The number of benzene rings is 2. The number of halogens is 1. The number of para-hydroxylation sites is 1. The van der Waals surface area contributed by atoms with Crippen molar-refractivity contribution in [3.05, 3.63) is 70.4 Å². The van der Waals surface area contributed by atoms with Crippen LogP contribution in [-0.4, -0.2) is 37.9 Å². The molecule has 0 bridgehead atoms. The van der Waals surface area contributed by atoms with Crippen LogP contribution >= 0.6 is 0 Å². The summed E-state index contributed by atoms with van der Waals surface area (Å²) in [4.78, 5) is 27.0. The van der Waals surface area contributed by atoms with Gasteiger partial charge in [-0.05, 0) is 56.9 Å². The molecule has 0 amide bonds. The molecule has 4 aromatic rings. The van der Waals surface area contributed by atoms with Crippen LogP contribution in [0.5, 0.6) is 0 Å². The first-order chi connectivity index (χ1) is 16.7. The van der Waals surface area contributed by atoms with Gasteiger partial charge in [0.05, 0.1) is 12.2 Å². The Morgan fingerprint density at radius 2 is 1.75 bits per heavy atom. The molecule has 0 aliphatic carbocycles. The fourth-order valence-electron chi connectivity index (χ4n) is 4.87. The number of nitrogens with zero attached hydrogens (tertiary/aromatic N) is 1. The van der Waals surface area contributed by atoms with Crippen LogP contribution in [-0.2, 0) is 11.2 Å². The summed E-state index contributed by atoms with van der Waals surface area (Å²) in [5.41, 5.74) is 3.28. The van der Waals surface area contributed by atoms with Crippen LogP contribution in [0, 0.1) is 5.82 Å². The van der Waals surface area contributed by atoms with Crippen molar-refractivity contribution in [1.29, 1.82) is 0 Å². The monoisotopic (exact) mass is 502 g/mol. The minimum absolute atomic E-state index is 0. The van der Waals surface area contributed by atoms with Crippen molar-refractivity contribution in [3.63, 3.8) is 0 Å². The SMILES string of the molecule is CC(C)n1c(CC[C@@H](O)C[C@@H](O)CC(=O)[O-])c(-c2ccc(F)cc2)c2c3ccccc3[nH]c(=O)c21.[Na+]. The van der Waals surface area contributed by atoms with E-state index < -0.39 is 24.6 Å². The summed E-state index contributed by atoms with van der Waals surface area (Å²) in [5.74, 6) is -1.75. The first-order valence-electron chi connectivity index (χ1n) is 11.7. The zero-order valence-electron chi connectivity index (χ0n) is 20.6. The Labute approximate surface area is 229 Å². The summed E-state index contributed by atoms with van der Waals surface area (Å²) in [6, 6.07) is 13.5. The van der Waals surface area contributed by atoms with Crippen LogP contribution in [0.25, 0.3) is 32.9 Å². The Kier molecular flexibility index (Phi) is 9.13. The molecule has 3 N–H and O–H groups in total. The second-order valence-corrected chi connectivity index (χ2v) is 9.17. The molecule has 0 aliphatic heterocycles. The van der Waals surface area contributed by atoms with E-state index in [2.05, 4.69) is 4.98 Å². The predicted molar refractivity (Wildman–Crippen MR) is 130 cm³/mol. The van der Waals surface area contributed by atoms with Crippen molar-refractivity contribution in [2.24, 2.45) is 0 Å². The molecule has 0 aliphatic rings. The summed E-state index contributed by atoms with van der Waals surface area (Å²) >= 11 is 0. The summed E-state index contributed by atoms with van der Waals surface area (Å²) in [6.07, 6.45) is -2.24. The number of hydrogen-bond donors (Lipinski definition) is 3. The van der Waals surface area contributed by atoms with E-state index in [-0.39, 0.29) is 59.8 Å². The van der Waals surface area contributed by atoms with Gasteiger partial charge in [-0.25, -0.2) is 4.39 Å². The van der Waals surface area contributed by atoms with Gasteiger partial charge < -0.3 is 29.7 Å². The number of carboxylic acid groups (broad SMARTS) is 1. The molecule has 2 aromatic heterocycles. The smallest absolute Gasteiger partial charge is 0.550 e. The van der Waals surface area contributed by atoms with E-state index in [9.17, 15) is 29.3 Å². The van der Waals surface area contributed by atoms with Gasteiger partial charge in [0.1, 0.15) is 11.3 Å². The Bertz CT molecular complexity index is 1430. The number of aromatic nitrogens is 2. The first kappa shape index (κ1) is 28.1. The van der Waals surface area contributed by atoms with Crippen molar-refractivity contribution in [2.75, 3.05) is 0 Å². The number of carbonyl (C=O) groups is 1. The van der Waals surface area contributed by atoms with Crippen LogP contribution in [0.1, 0.15) is 44.8 Å². The molecule has 4 rings (SSSR count). The zero-order valence-corrected chi connectivity index (χ0v) is 22.6. The largest absolute Gasteiger partial charge is 1.00 e. The van der Waals surface area contributed by atoms with Gasteiger partial charge in [-0.1, -0.05) is 30.3 Å². The van der Waals surface area contributed by atoms with E-state index in [1.54, 1.807) is 12.1 Å². The number of fused-ring (bicyclic) bond motifs is 3. The standard InChI is InChI=1S/C27H29FN2O5.Na/c1-15(2)30-22(12-11-18(31)13-19(32)14-23(33)34)24(16-7-9-17(28)10-8-16)25-20-5-3-4-6-21(20)29-27(35)26(25)30;/h3-10,15,18-19,31-32H,11-14H2,1-2H3,(H,29,35)(H,33,34);/q;+1/p-1/t18-,19-;/m1./s1. The Morgan fingerprint density at radius 1 is 1.08 bits per heavy atom. The van der Waals surface area contributed by atoms with E-state index in [0.29, 0.717) is 17.5 Å². The van der Waals surface area contributed by atoms with Crippen molar-refractivity contribution in [1.82, 2.24) is 9.55 Å². The maximum atomic E-state index is 13.8. The maximum absolute atomic E-state index is 13.8. The third-order valence-electron chi connectivity index (χ3n) is 6.28. The molecule has 0 saturated carbocycles. The second kappa shape index (κ2) is 11.7. The number of pyridine rings is 1. The van der Waals surface area contributed by atoms with Gasteiger partial charge in [0, 0.05) is 46.0 Å². The maximum Gasteiger partial charge on any atom is 1.00 e. The third kappa shape index (κ3) is 5.74. The molecular weight excluding hydrogens is 474 g/mol. The topological polar surface area (TPSA) is 118 Å². The van der Waals surface area contributed by atoms with Crippen molar-refractivity contribution in [3.8, 4) is 11.1 Å². The molecule has 184 valence electrons. The minimum atomic E-state index is -1.38. The normalized spacial score (nSPS) is 13.2. The molecule has 0 unspecified atom stereocenters. The molecule has 2 heterocycles. The van der Waals surface area contributed by atoms with Crippen LogP contribution in [0.15, 0.2) is 53.3 Å². The van der Waals surface area contributed by atoms with Gasteiger partial charge >= 0.3 is 29.6 Å². The van der Waals surface area contributed by atoms with Gasteiger partial charge in [0.25, 0.3) is 5.56 Å². The molecule has 2 atom stereocenters. The third-order valence-corrected chi connectivity index (χ3v) is 6.28. The molecule has 7 nitrogen and oxygen atoms in total. The molecule has 36 heavy (non-hydrogen) atoms. The molecule has 2 aromatic carbocycles. The molecule has 0 radical (unpaired) electrons. The van der Waals surface area contributed by atoms with E-state index in [0.717, 1.165) is 27.6 Å². The van der Waals surface area contributed by atoms with E-state index in [4.69, 9.17) is 0 Å². The van der Waals surface area contributed by atoms with Gasteiger partial charge in [-0.2, -0.15) is 0 Å². The predicted octanol–water partition coefficient (Wildman–Crippen LogP) is 0.0583. The second-order valence-electron chi connectivity index (χ2n) is 9.17. The van der Waals surface area contributed by atoms with Crippen molar-refractivity contribution >= 4 is 27.8 Å². The molecular formula is C27H28FN2NaO5. The number of carbonyl (C=O) groups excluding carboxylic acids is 1. The summed E-state index contributed by atoms with van der Waals surface area (Å²) < 4.78 is 15.7. The van der Waals surface area contributed by atoms with E-state index >= 15 is 0 Å². The first-order valence-corrected chi connectivity index (χ1v) is 11.7. The summed E-state index contributed by atoms with van der Waals surface area (Å²) in [5, 5.41) is 32.8.